The van der Waals surface area contributed by atoms with E-state index in [2.05, 4.69) is 20.6 Å². The van der Waals surface area contributed by atoms with Crippen LogP contribution in [0.2, 0.25) is 0 Å². The van der Waals surface area contributed by atoms with Gasteiger partial charge in [0, 0.05) is 18.9 Å². The summed E-state index contributed by atoms with van der Waals surface area (Å²) < 4.78 is 16.1. The highest BCUT2D eigenvalue weighted by atomic mass is 19.1. The zero-order chi connectivity index (χ0) is 22.0. The Hall–Kier alpha value is -3.81. The molecule has 0 atom stereocenters. The lowest BCUT2D eigenvalue weighted by Crippen LogP contribution is -2.25. The summed E-state index contributed by atoms with van der Waals surface area (Å²) in [5, 5.41) is 14.9. The minimum atomic E-state index is -0.596. The molecule has 8 heteroatoms. The summed E-state index contributed by atoms with van der Waals surface area (Å²) in [5.41, 5.74) is 2.98. The van der Waals surface area contributed by atoms with Gasteiger partial charge in [-0.2, -0.15) is 10.2 Å². The standard InChI is InChI=1S/C23H22FN5O2/c1-3-15-12-26-29(2)21(15)13-25-22(30)18-10-14(8-9-19(18)24)11-20-16-6-4-5-7-17(16)23(31)28-27-20/h4-10,12H,3,11,13H2,1-2H3,(H,25,30)(H,28,31). The second-order valence-electron chi connectivity index (χ2n) is 7.31. The molecule has 31 heavy (non-hydrogen) atoms. The summed E-state index contributed by atoms with van der Waals surface area (Å²) in [6.45, 7) is 2.27. The Kier molecular flexibility index (Phi) is 5.62. The number of amides is 1. The van der Waals surface area contributed by atoms with Crippen molar-refractivity contribution < 1.29 is 9.18 Å². The highest BCUT2D eigenvalue weighted by Crippen LogP contribution is 2.19. The van der Waals surface area contributed by atoms with Gasteiger partial charge in [0.1, 0.15) is 5.82 Å². The predicted octanol–water partition coefficient (Wildman–Crippen LogP) is 2.88. The fourth-order valence-corrected chi connectivity index (χ4v) is 3.65. The third-order valence-electron chi connectivity index (χ3n) is 5.37. The fraction of sp³-hybridized carbons (Fsp3) is 0.217. The van der Waals surface area contributed by atoms with Gasteiger partial charge in [-0.25, -0.2) is 9.49 Å². The molecule has 4 aromatic rings. The van der Waals surface area contributed by atoms with E-state index < -0.39 is 11.7 Å². The van der Waals surface area contributed by atoms with Crippen LogP contribution in [0.5, 0.6) is 0 Å². The average molecular weight is 419 g/mol. The number of aromatic nitrogens is 4. The Labute approximate surface area is 177 Å². The number of rotatable bonds is 6. The summed E-state index contributed by atoms with van der Waals surface area (Å²) in [6, 6.07) is 11.6. The van der Waals surface area contributed by atoms with Gasteiger partial charge < -0.3 is 5.32 Å². The van der Waals surface area contributed by atoms with Crippen LogP contribution in [-0.2, 0) is 26.4 Å². The summed E-state index contributed by atoms with van der Waals surface area (Å²) in [5.74, 6) is -1.09. The van der Waals surface area contributed by atoms with Crippen molar-refractivity contribution in [1.82, 2.24) is 25.3 Å². The van der Waals surface area contributed by atoms with Gasteiger partial charge in [-0.15, -0.1) is 0 Å². The van der Waals surface area contributed by atoms with Crippen LogP contribution in [0, 0.1) is 5.82 Å². The average Bonchev–Trinajstić information content (AvgIpc) is 3.14. The molecule has 158 valence electrons. The van der Waals surface area contributed by atoms with Gasteiger partial charge in [0.15, 0.2) is 0 Å². The number of aryl methyl sites for hydroxylation is 2. The van der Waals surface area contributed by atoms with Crippen molar-refractivity contribution in [2.45, 2.75) is 26.3 Å². The van der Waals surface area contributed by atoms with Crippen molar-refractivity contribution in [3.05, 3.63) is 92.9 Å². The number of hydrogen-bond acceptors (Lipinski definition) is 4. The Morgan fingerprint density at radius 3 is 2.74 bits per heavy atom. The van der Waals surface area contributed by atoms with E-state index in [1.807, 2.05) is 26.1 Å². The zero-order valence-corrected chi connectivity index (χ0v) is 17.3. The molecule has 1 amide bonds. The lowest BCUT2D eigenvalue weighted by atomic mass is 10.0. The molecule has 2 heterocycles. The first kappa shape index (κ1) is 20.5. The van der Waals surface area contributed by atoms with Crippen LogP contribution < -0.4 is 10.9 Å². The van der Waals surface area contributed by atoms with E-state index in [4.69, 9.17) is 0 Å². The Bertz CT molecular complexity index is 1330. The number of H-pyrrole nitrogens is 1. The summed E-state index contributed by atoms with van der Waals surface area (Å²) in [4.78, 5) is 24.7. The minimum Gasteiger partial charge on any atom is -0.346 e. The van der Waals surface area contributed by atoms with Gasteiger partial charge in [0.05, 0.1) is 35.1 Å². The van der Waals surface area contributed by atoms with Gasteiger partial charge >= 0.3 is 0 Å². The molecule has 7 nitrogen and oxygen atoms in total. The van der Waals surface area contributed by atoms with Crippen LogP contribution in [0.3, 0.4) is 0 Å². The number of aromatic amines is 1. The van der Waals surface area contributed by atoms with Crippen molar-refractivity contribution in [2.24, 2.45) is 7.05 Å². The number of hydrogen-bond donors (Lipinski definition) is 2. The predicted molar refractivity (Wildman–Crippen MR) is 115 cm³/mol. The number of nitrogens with one attached hydrogen (secondary N) is 2. The van der Waals surface area contributed by atoms with Crippen molar-refractivity contribution >= 4 is 16.7 Å². The normalized spacial score (nSPS) is 11.1. The summed E-state index contributed by atoms with van der Waals surface area (Å²) >= 11 is 0. The van der Waals surface area contributed by atoms with Crippen LogP contribution in [0.15, 0.2) is 53.5 Å². The van der Waals surface area contributed by atoms with Crippen LogP contribution in [0.25, 0.3) is 10.8 Å². The van der Waals surface area contributed by atoms with E-state index in [1.165, 1.54) is 12.1 Å². The van der Waals surface area contributed by atoms with E-state index in [1.54, 1.807) is 29.1 Å². The minimum absolute atomic E-state index is 0.0357. The Morgan fingerprint density at radius 1 is 1.19 bits per heavy atom. The van der Waals surface area contributed by atoms with Gasteiger partial charge in [-0.3, -0.25) is 14.3 Å². The lowest BCUT2D eigenvalue weighted by molar-refractivity contribution is 0.0946. The molecule has 0 aliphatic heterocycles. The van der Waals surface area contributed by atoms with E-state index in [-0.39, 0.29) is 17.7 Å². The van der Waals surface area contributed by atoms with Crippen molar-refractivity contribution in [3.63, 3.8) is 0 Å². The molecule has 0 aliphatic carbocycles. The van der Waals surface area contributed by atoms with E-state index in [9.17, 15) is 14.0 Å². The molecule has 0 fully saturated rings. The molecule has 0 aliphatic rings. The van der Waals surface area contributed by atoms with E-state index >= 15 is 0 Å². The number of fused-ring (bicyclic) bond motifs is 1. The Morgan fingerprint density at radius 2 is 1.97 bits per heavy atom. The first-order chi connectivity index (χ1) is 15.0. The first-order valence-electron chi connectivity index (χ1n) is 10.0. The molecular weight excluding hydrogens is 397 g/mol. The van der Waals surface area contributed by atoms with Gasteiger partial charge in [0.2, 0.25) is 0 Å². The Balaban J connectivity index is 1.58. The van der Waals surface area contributed by atoms with E-state index in [0.29, 0.717) is 23.1 Å². The maximum Gasteiger partial charge on any atom is 0.272 e. The van der Waals surface area contributed by atoms with Crippen molar-refractivity contribution in [3.8, 4) is 0 Å². The second kappa shape index (κ2) is 8.51. The van der Waals surface area contributed by atoms with Crippen molar-refractivity contribution in [1.29, 1.82) is 0 Å². The molecule has 4 rings (SSSR count). The van der Waals surface area contributed by atoms with Crippen LogP contribution in [0.1, 0.15) is 39.8 Å². The molecule has 0 saturated heterocycles. The fourth-order valence-electron chi connectivity index (χ4n) is 3.65. The summed E-state index contributed by atoms with van der Waals surface area (Å²) in [6.07, 6.45) is 2.91. The SMILES string of the molecule is CCc1cnn(C)c1CNC(=O)c1cc(Cc2n[nH]c(=O)c3ccccc23)ccc1F. The van der Waals surface area contributed by atoms with Crippen LogP contribution in [0.4, 0.5) is 4.39 Å². The molecule has 2 aromatic carbocycles. The molecule has 0 radical (unpaired) electrons. The third kappa shape index (κ3) is 4.09. The molecule has 0 saturated carbocycles. The monoisotopic (exact) mass is 419 g/mol. The largest absolute Gasteiger partial charge is 0.346 e. The summed E-state index contributed by atoms with van der Waals surface area (Å²) in [7, 11) is 1.81. The molecule has 0 bridgehead atoms. The number of nitrogens with zero attached hydrogens (tertiary/aromatic N) is 3. The van der Waals surface area contributed by atoms with Gasteiger partial charge in [-0.05, 0) is 35.7 Å². The smallest absolute Gasteiger partial charge is 0.272 e. The molecular formula is C23H22FN5O2. The maximum absolute atomic E-state index is 14.4. The quantitative estimate of drug-likeness (QED) is 0.503. The first-order valence-corrected chi connectivity index (χ1v) is 10.0. The highest BCUT2D eigenvalue weighted by molar-refractivity contribution is 5.94. The van der Waals surface area contributed by atoms with Crippen LogP contribution in [-0.4, -0.2) is 25.9 Å². The zero-order valence-electron chi connectivity index (χ0n) is 17.3. The van der Waals surface area contributed by atoms with Crippen LogP contribution >= 0.6 is 0 Å². The van der Waals surface area contributed by atoms with Crippen molar-refractivity contribution in [2.75, 3.05) is 0 Å². The second-order valence-corrected chi connectivity index (χ2v) is 7.31. The number of halogens is 1. The molecule has 0 unspecified atom stereocenters. The molecule has 2 N–H and O–H groups in total. The van der Waals surface area contributed by atoms with Gasteiger partial charge in [0.25, 0.3) is 11.5 Å². The molecule has 0 spiro atoms. The maximum atomic E-state index is 14.4. The van der Waals surface area contributed by atoms with Gasteiger partial charge in [-0.1, -0.05) is 31.2 Å². The van der Waals surface area contributed by atoms with E-state index in [0.717, 1.165) is 23.1 Å². The third-order valence-corrected chi connectivity index (χ3v) is 5.37. The number of benzene rings is 2. The topological polar surface area (TPSA) is 92.7 Å². The molecule has 2 aromatic heterocycles. The number of carbonyl (C=O) groups excluding carboxylic acids is 1. The highest BCUT2D eigenvalue weighted by Gasteiger charge is 2.16. The lowest BCUT2D eigenvalue weighted by Gasteiger charge is -2.10. The number of carbonyl (C=O) groups is 1.